The summed E-state index contributed by atoms with van der Waals surface area (Å²) in [6, 6.07) is 4.81. The Balaban J connectivity index is 2.25. The van der Waals surface area contributed by atoms with Gasteiger partial charge in [0.05, 0.1) is 18.9 Å². The van der Waals surface area contributed by atoms with Gasteiger partial charge in [-0.05, 0) is 18.2 Å². The fourth-order valence-corrected chi connectivity index (χ4v) is 2.31. The maximum absolute atomic E-state index is 12.0. The molecule has 0 saturated carbocycles. The molecule has 0 spiro atoms. The number of hydrogen-bond donors (Lipinski definition) is 1. The van der Waals surface area contributed by atoms with Crippen molar-refractivity contribution in [1.29, 1.82) is 0 Å². The summed E-state index contributed by atoms with van der Waals surface area (Å²) in [5, 5.41) is 3.51. The molecule has 7 heteroatoms. The molecule has 0 fully saturated rings. The molecule has 0 saturated heterocycles. The van der Waals surface area contributed by atoms with Gasteiger partial charge in [0.2, 0.25) is 0 Å². The molecule has 1 amide bonds. The number of anilines is 1. The van der Waals surface area contributed by atoms with Crippen LogP contribution in [0.3, 0.4) is 0 Å². The summed E-state index contributed by atoms with van der Waals surface area (Å²) in [6.07, 6.45) is 1.47. The molecule has 0 radical (unpaired) electrons. The quantitative estimate of drug-likeness (QED) is 0.940. The predicted molar refractivity (Wildman–Crippen MR) is 73.1 cm³/mol. The van der Waals surface area contributed by atoms with Crippen molar-refractivity contribution >= 4 is 45.6 Å². The summed E-state index contributed by atoms with van der Waals surface area (Å²) < 4.78 is 5.60. The van der Waals surface area contributed by atoms with Gasteiger partial charge in [-0.1, -0.05) is 34.5 Å². The van der Waals surface area contributed by atoms with Crippen LogP contribution < -0.4 is 10.1 Å². The fourth-order valence-electron chi connectivity index (χ4n) is 1.33. The van der Waals surface area contributed by atoms with Gasteiger partial charge in [-0.25, -0.2) is 4.98 Å². The second-order valence-corrected chi connectivity index (χ2v) is 5.37. The zero-order chi connectivity index (χ0) is 13.1. The number of rotatable bonds is 3. The van der Waals surface area contributed by atoms with Crippen molar-refractivity contribution in [2.75, 3.05) is 12.4 Å². The second-order valence-electron chi connectivity index (χ2n) is 3.27. The molecule has 1 aromatic heterocycles. The number of ether oxygens (including phenoxy) is 1. The lowest BCUT2D eigenvalue weighted by Gasteiger charge is -2.07. The van der Waals surface area contributed by atoms with Crippen molar-refractivity contribution in [3.63, 3.8) is 0 Å². The highest BCUT2D eigenvalue weighted by atomic mass is 35.5. The van der Waals surface area contributed by atoms with Crippen LogP contribution in [0.4, 0.5) is 5.13 Å². The van der Waals surface area contributed by atoms with Gasteiger partial charge in [-0.2, -0.15) is 0 Å². The van der Waals surface area contributed by atoms with E-state index in [-0.39, 0.29) is 5.91 Å². The second kappa shape index (κ2) is 5.56. The van der Waals surface area contributed by atoms with Crippen molar-refractivity contribution in [1.82, 2.24) is 4.98 Å². The van der Waals surface area contributed by atoms with Crippen LogP contribution >= 0.6 is 34.5 Å². The Morgan fingerprint density at radius 3 is 2.83 bits per heavy atom. The minimum Gasteiger partial charge on any atom is -0.496 e. The van der Waals surface area contributed by atoms with Crippen LogP contribution in [0, 0.1) is 0 Å². The van der Waals surface area contributed by atoms with Crippen LogP contribution in [-0.4, -0.2) is 18.0 Å². The lowest BCUT2D eigenvalue weighted by atomic mass is 10.2. The molecule has 1 N–H and O–H groups in total. The number of nitrogens with one attached hydrogen (secondary N) is 1. The Morgan fingerprint density at radius 1 is 1.44 bits per heavy atom. The zero-order valence-electron chi connectivity index (χ0n) is 9.24. The summed E-state index contributed by atoms with van der Waals surface area (Å²) >= 11 is 12.8. The Kier molecular flexibility index (Phi) is 4.06. The molecule has 0 unspecified atom stereocenters. The average Bonchev–Trinajstić information content (AvgIpc) is 2.74. The number of carbonyl (C=O) groups excluding carboxylic acids is 1. The van der Waals surface area contributed by atoms with Crippen LogP contribution in [-0.2, 0) is 0 Å². The molecule has 0 aliphatic rings. The highest BCUT2D eigenvalue weighted by Gasteiger charge is 2.14. The average molecular weight is 303 g/mol. The summed E-state index contributed by atoms with van der Waals surface area (Å²) in [4.78, 5) is 16.0. The Hall–Kier alpha value is -1.30. The summed E-state index contributed by atoms with van der Waals surface area (Å²) in [5.41, 5.74) is 0.344. The van der Waals surface area contributed by atoms with Gasteiger partial charge in [0, 0.05) is 5.02 Å². The maximum Gasteiger partial charge on any atom is 0.261 e. The third-order valence-electron chi connectivity index (χ3n) is 2.10. The molecule has 4 nitrogen and oxygen atoms in total. The summed E-state index contributed by atoms with van der Waals surface area (Å²) in [7, 11) is 1.49. The van der Waals surface area contributed by atoms with Gasteiger partial charge in [-0.15, -0.1) is 0 Å². The number of carbonyl (C=O) groups is 1. The number of nitrogens with zero attached hydrogens (tertiary/aromatic N) is 1. The molecule has 1 heterocycles. The monoisotopic (exact) mass is 302 g/mol. The largest absolute Gasteiger partial charge is 0.496 e. The summed E-state index contributed by atoms with van der Waals surface area (Å²) in [6.45, 7) is 0. The number of amides is 1. The Morgan fingerprint density at radius 2 is 2.22 bits per heavy atom. The maximum atomic E-state index is 12.0. The molecule has 18 heavy (non-hydrogen) atoms. The molecular formula is C11H8Cl2N2O2S. The van der Waals surface area contributed by atoms with Crippen molar-refractivity contribution in [3.05, 3.63) is 39.3 Å². The van der Waals surface area contributed by atoms with Gasteiger partial charge in [0.15, 0.2) is 5.13 Å². The molecule has 0 bridgehead atoms. The van der Waals surface area contributed by atoms with E-state index in [9.17, 15) is 4.79 Å². The lowest BCUT2D eigenvalue weighted by molar-refractivity contribution is 0.102. The first-order valence-electron chi connectivity index (χ1n) is 4.86. The Bertz CT molecular complexity index is 586. The smallest absolute Gasteiger partial charge is 0.261 e. The van der Waals surface area contributed by atoms with E-state index in [1.807, 2.05) is 0 Å². The van der Waals surface area contributed by atoms with Crippen LogP contribution in [0.15, 0.2) is 24.4 Å². The number of hydrogen-bond acceptors (Lipinski definition) is 4. The fraction of sp³-hybridized carbons (Fsp3) is 0.0909. The minimum absolute atomic E-state index is 0.344. The minimum atomic E-state index is -0.347. The van der Waals surface area contributed by atoms with E-state index < -0.39 is 0 Å². The number of methoxy groups -OCH3 is 1. The number of benzene rings is 1. The van der Waals surface area contributed by atoms with E-state index in [0.717, 1.165) is 0 Å². The van der Waals surface area contributed by atoms with Crippen molar-refractivity contribution in [2.45, 2.75) is 0 Å². The van der Waals surface area contributed by atoms with Gasteiger partial charge < -0.3 is 4.74 Å². The van der Waals surface area contributed by atoms with E-state index in [1.54, 1.807) is 12.1 Å². The molecule has 2 rings (SSSR count). The normalized spacial score (nSPS) is 10.2. The first-order valence-corrected chi connectivity index (χ1v) is 6.43. The number of thiazole rings is 1. The van der Waals surface area contributed by atoms with E-state index in [4.69, 9.17) is 27.9 Å². The lowest BCUT2D eigenvalue weighted by Crippen LogP contribution is -2.12. The summed E-state index contributed by atoms with van der Waals surface area (Å²) in [5.74, 6) is 0.0971. The van der Waals surface area contributed by atoms with Gasteiger partial charge in [0.1, 0.15) is 10.1 Å². The topological polar surface area (TPSA) is 51.2 Å². The molecule has 2 aromatic rings. The standard InChI is InChI=1S/C11H8Cl2N2O2S/c1-17-8-3-2-6(12)4-7(8)10(16)15-11-14-5-9(13)18-11/h2-5H,1H3,(H,14,15,16). The third-order valence-corrected chi connectivity index (χ3v) is 3.37. The molecule has 94 valence electrons. The van der Waals surface area contributed by atoms with Gasteiger partial charge in [-0.3, -0.25) is 10.1 Å². The SMILES string of the molecule is COc1ccc(Cl)cc1C(=O)Nc1ncc(Cl)s1. The van der Waals surface area contributed by atoms with E-state index in [0.29, 0.717) is 25.8 Å². The Labute approximate surface area is 118 Å². The van der Waals surface area contributed by atoms with Crippen LogP contribution in [0.1, 0.15) is 10.4 Å². The van der Waals surface area contributed by atoms with Crippen LogP contribution in [0.5, 0.6) is 5.75 Å². The van der Waals surface area contributed by atoms with Gasteiger partial charge in [0.25, 0.3) is 5.91 Å². The van der Waals surface area contributed by atoms with E-state index >= 15 is 0 Å². The van der Waals surface area contributed by atoms with Crippen LogP contribution in [0.25, 0.3) is 0 Å². The van der Waals surface area contributed by atoms with Gasteiger partial charge >= 0.3 is 0 Å². The molecule has 0 aliphatic heterocycles. The highest BCUT2D eigenvalue weighted by molar-refractivity contribution is 7.19. The van der Waals surface area contributed by atoms with Crippen LogP contribution in [0.2, 0.25) is 9.36 Å². The number of halogens is 2. The van der Waals surface area contributed by atoms with E-state index in [2.05, 4.69) is 10.3 Å². The third kappa shape index (κ3) is 2.93. The first-order chi connectivity index (χ1) is 8.60. The number of aromatic nitrogens is 1. The van der Waals surface area contributed by atoms with Crippen molar-refractivity contribution in [3.8, 4) is 5.75 Å². The van der Waals surface area contributed by atoms with Crippen molar-refractivity contribution < 1.29 is 9.53 Å². The van der Waals surface area contributed by atoms with E-state index in [1.165, 1.54) is 30.7 Å². The molecule has 0 atom stereocenters. The molecular weight excluding hydrogens is 295 g/mol. The highest BCUT2D eigenvalue weighted by Crippen LogP contribution is 2.26. The predicted octanol–water partition coefficient (Wildman–Crippen LogP) is 3.71. The first kappa shape index (κ1) is 13.1. The molecule has 1 aromatic carbocycles. The van der Waals surface area contributed by atoms with Crippen molar-refractivity contribution in [2.24, 2.45) is 0 Å². The zero-order valence-corrected chi connectivity index (χ0v) is 11.6. The molecule has 0 aliphatic carbocycles.